The molecule has 1 saturated heterocycles. The standard InChI is InChI=1S/C22H22N2O3/c1-5-17-19(6-2)24(15-10-8-7-9-11-15)22(25)21(17)23-18-13-12-16(26-3)14-20(18)27-4/h5-14H,1-4H3/b17-5+,19-6+,23-21-. The Morgan fingerprint density at radius 1 is 0.963 bits per heavy atom. The summed E-state index contributed by atoms with van der Waals surface area (Å²) in [5.74, 6) is 1.05. The number of nitrogens with zero attached hydrogens (tertiary/aromatic N) is 2. The van der Waals surface area contributed by atoms with E-state index in [2.05, 4.69) is 4.99 Å². The monoisotopic (exact) mass is 362 g/mol. The van der Waals surface area contributed by atoms with E-state index in [4.69, 9.17) is 9.47 Å². The van der Waals surface area contributed by atoms with Crippen LogP contribution in [-0.4, -0.2) is 25.8 Å². The van der Waals surface area contributed by atoms with E-state index in [1.165, 1.54) is 0 Å². The van der Waals surface area contributed by atoms with Gasteiger partial charge < -0.3 is 9.47 Å². The number of rotatable bonds is 4. The van der Waals surface area contributed by atoms with E-state index in [-0.39, 0.29) is 5.91 Å². The number of ether oxygens (including phenoxy) is 2. The minimum Gasteiger partial charge on any atom is -0.497 e. The summed E-state index contributed by atoms with van der Waals surface area (Å²) < 4.78 is 10.7. The van der Waals surface area contributed by atoms with Crippen LogP contribution < -0.4 is 14.4 Å². The Balaban J connectivity index is 2.13. The van der Waals surface area contributed by atoms with Crippen molar-refractivity contribution in [1.82, 2.24) is 0 Å². The number of aliphatic imine (C=N–C) groups is 1. The number of para-hydroxylation sites is 1. The molecule has 0 spiro atoms. The number of hydrogen-bond acceptors (Lipinski definition) is 4. The fourth-order valence-electron chi connectivity index (χ4n) is 3.08. The van der Waals surface area contributed by atoms with Crippen LogP contribution in [0.2, 0.25) is 0 Å². The van der Waals surface area contributed by atoms with Crippen LogP contribution in [-0.2, 0) is 4.79 Å². The molecule has 5 nitrogen and oxygen atoms in total. The summed E-state index contributed by atoms with van der Waals surface area (Å²) in [7, 11) is 3.16. The van der Waals surface area contributed by atoms with Crippen molar-refractivity contribution >= 4 is 23.0 Å². The summed E-state index contributed by atoms with van der Waals surface area (Å²) >= 11 is 0. The maximum Gasteiger partial charge on any atom is 0.282 e. The zero-order valence-corrected chi connectivity index (χ0v) is 15.9. The molecule has 0 aliphatic carbocycles. The molecule has 27 heavy (non-hydrogen) atoms. The fraction of sp³-hybridized carbons (Fsp3) is 0.182. The number of benzene rings is 2. The molecular weight excluding hydrogens is 340 g/mol. The molecule has 1 heterocycles. The first-order valence-corrected chi connectivity index (χ1v) is 8.68. The van der Waals surface area contributed by atoms with Gasteiger partial charge in [0.15, 0.2) is 0 Å². The molecule has 0 atom stereocenters. The smallest absolute Gasteiger partial charge is 0.282 e. The average molecular weight is 362 g/mol. The van der Waals surface area contributed by atoms with Gasteiger partial charge in [-0.2, -0.15) is 0 Å². The zero-order chi connectivity index (χ0) is 19.4. The highest BCUT2D eigenvalue weighted by molar-refractivity contribution is 6.55. The predicted octanol–water partition coefficient (Wildman–Crippen LogP) is 4.67. The first-order chi connectivity index (χ1) is 13.1. The van der Waals surface area contributed by atoms with Crippen LogP contribution in [0.25, 0.3) is 0 Å². The number of carbonyl (C=O) groups excluding carboxylic acids is 1. The van der Waals surface area contributed by atoms with E-state index in [0.29, 0.717) is 22.9 Å². The molecule has 5 heteroatoms. The Morgan fingerprint density at radius 3 is 2.30 bits per heavy atom. The third-order valence-electron chi connectivity index (χ3n) is 4.37. The van der Waals surface area contributed by atoms with Gasteiger partial charge in [-0.3, -0.25) is 9.69 Å². The van der Waals surface area contributed by atoms with Gasteiger partial charge in [0, 0.05) is 17.3 Å². The van der Waals surface area contributed by atoms with Crippen molar-refractivity contribution in [3.63, 3.8) is 0 Å². The zero-order valence-electron chi connectivity index (χ0n) is 15.9. The highest BCUT2D eigenvalue weighted by Gasteiger charge is 2.37. The molecule has 3 rings (SSSR count). The van der Waals surface area contributed by atoms with Gasteiger partial charge in [-0.1, -0.05) is 30.4 Å². The molecule has 0 unspecified atom stereocenters. The minimum absolute atomic E-state index is 0.166. The lowest BCUT2D eigenvalue weighted by Gasteiger charge is -2.17. The molecule has 0 N–H and O–H groups in total. The largest absolute Gasteiger partial charge is 0.497 e. The Bertz CT molecular complexity index is 943. The molecule has 1 aliphatic rings. The van der Waals surface area contributed by atoms with Crippen LogP contribution in [0, 0.1) is 0 Å². The molecule has 0 aromatic heterocycles. The minimum atomic E-state index is -0.166. The van der Waals surface area contributed by atoms with Crippen molar-refractivity contribution in [3.8, 4) is 11.5 Å². The second-order valence-corrected chi connectivity index (χ2v) is 5.85. The van der Waals surface area contributed by atoms with Crippen molar-refractivity contribution in [2.45, 2.75) is 13.8 Å². The number of allylic oxidation sites excluding steroid dienone is 3. The second kappa shape index (κ2) is 7.91. The van der Waals surface area contributed by atoms with E-state index < -0.39 is 0 Å². The third kappa shape index (κ3) is 3.36. The van der Waals surface area contributed by atoms with Crippen molar-refractivity contribution in [3.05, 3.63) is 72.0 Å². The molecule has 1 aliphatic heterocycles. The molecule has 138 valence electrons. The van der Waals surface area contributed by atoms with Crippen molar-refractivity contribution in [2.24, 2.45) is 4.99 Å². The molecule has 2 aromatic rings. The lowest BCUT2D eigenvalue weighted by atomic mass is 10.1. The van der Waals surface area contributed by atoms with Crippen LogP contribution in [0.15, 0.2) is 76.9 Å². The van der Waals surface area contributed by atoms with E-state index in [0.717, 1.165) is 17.0 Å². The summed E-state index contributed by atoms with van der Waals surface area (Å²) in [6.07, 6.45) is 3.83. The normalized spacial score (nSPS) is 18.6. The van der Waals surface area contributed by atoms with E-state index >= 15 is 0 Å². The summed E-state index contributed by atoms with van der Waals surface area (Å²) in [4.78, 5) is 19.6. The Labute approximate surface area is 159 Å². The summed E-state index contributed by atoms with van der Waals surface area (Å²) in [6, 6.07) is 14.9. The van der Waals surface area contributed by atoms with Gasteiger partial charge in [-0.15, -0.1) is 0 Å². The van der Waals surface area contributed by atoms with Crippen molar-refractivity contribution in [1.29, 1.82) is 0 Å². The van der Waals surface area contributed by atoms with E-state index in [1.807, 2.05) is 56.3 Å². The quantitative estimate of drug-likeness (QED) is 0.794. The van der Waals surface area contributed by atoms with Crippen molar-refractivity contribution in [2.75, 3.05) is 19.1 Å². The number of carbonyl (C=O) groups is 1. The van der Waals surface area contributed by atoms with Gasteiger partial charge >= 0.3 is 0 Å². The average Bonchev–Trinajstić information content (AvgIpc) is 2.99. The Hall–Kier alpha value is -3.34. The second-order valence-electron chi connectivity index (χ2n) is 5.85. The molecule has 0 saturated carbocycles. The van der Waals surface area contributed by atoms with Gasteiger partial charge in [0.05, 0.1) is 19.9 Å². The maximum atomic E-state index is 13.2. The van der Waals surface area contributed by atoms with E-state index in [9.17, 15) is 4.79 Å². The topological polar surface area (TPSA) is 51.1 Å². The lowest BCUT2D eigenvalue weighted by molar-refractivity contribution is -0.111. The first kappa shape index (κ1) is 18.5. The molecule has 1 fully saturated rings. The number of anilines is 1. The molecule has 2 aromatic carbocycles. The van der Waals surface area contributed by atoms with Gasteiger partial charge in [-0.25, -0.2) is 4.99 Å². The van der Waals surface area contributed by atoms with Crippen LogP contribution >= 0.6 is 0 Å². The summed E-state index contributed by atoms with van der Waals surface area (Å²) in [5, 5.41) is 0. The van der Waals surface area contributed by atoms with Crippen LogP contribution in [0.4, 0.5) is 11.4 Å². The maximum absolute atomic E-state index is 13.2. The number of amides is 1. The first-order valence-electron chi connectivity index (χ1n) is 8.68. The molecule has 0 bridgehead atoms. The lowest BCUT2D eigenvalue weighted by Crippen LogP contribution is -2.26. The number of methoxy groups -OCH3 is 2. The highest BCUT2D eigenvalue weighted by atomic mass is 16.5. The molecule has 1 amide bonds. The molecule has 0 radical (unpaired) electrons. The van der Waals surface area contributed by atoms with E-state index in [1.54, 1.807) is 37.3 Å². The van der Waals surface area contributed by atoms with Gasteiger partial charge in [0.1, 0.15) is 22.9 Å². The molecular formula is C22H22N2O3. The highest BCUT2D eigenvalue weighted by Crippen LogP contribution is 2.36. The number of hydrogen-bond donors (Lipinski definition) is 0. The third-order valence-corrected chi connectivity index (χ3v) is 4.37. The predicted molar refractivity (Wildman–Crippen MR) is 108 cm³/mol. The van der Waals surface area contributed by atoms with Crippen LogP contribution in [0.1, 0.15) is 13.8 Å². The van der Waals surface area contributed by atoms with Gasteiger partial charge in [0.25, 0.3) is 5.91 Å². The summed E-state index contributed by atoms with van der Waals surface area (Å²) in [6.45, 7) is 3.82. The van der Waals surface area contributed by atoms with Crippen LogP contribution in [0.3, 0.4) is 0 Å². The Morgan fingerprint density at radius 2 is 1.70 bits per heavy atom. The van der Waals surface area contributed by atoms with Crippen LogP contribution in [0.5, 0.6) is 11.5 Å². The Kier molecular flexibility index (Phi) is 5.41. The van der Waals surface area contributed by atoms with Crippen molar-refractivity contribution < 1.29 is 14.3 Å². The van der Waals surface area contributed by atoms with Gasteiger partial charge in [0.2, 0.25) is 0 Å². The SMILES string of the molecule is C/C=C1C(=N/c2ccc(OC)cc2OC)/C(=O)N(c2ccccc2)C/1=C/C. The van der Waals surface area contributed by atoms with Gasteiger partial charge in [-0.05, 0) is 38.1 Å². The fourth-order valence-corrected chi connectivity index (χ4v) is 3.08. The summed E-state index contributed by atoms with van der Waals surface area (Å²) in [5.41, 5.74) is 3.38.